The number of hydrogen-bond acceptors (Lipinski definition) is 4. The first kappa shape index (κ1) is 12.1. The monoisotopic (exact) mass is 269 g/mol. The number of carbonyl (C=O) groups is 1. The van der Waals surface area contributed by atoms with E-state index >= 15 is 0 Å². The van der Waals surface area contributed by atoms with Crippen molar-refractivity contribution in [3.63, 3.8) is 0 Å². The second-order valence-corrected chi connectivity index (χ2v) is 4.31. The highest BCUT2D eigenvalue weighted by molar-refractivity contribution is 6.04. The van der Waals surface area contributed by atoms with Crippen molar-refractivity contribution in [2.24, 2.45) is 0 Å². The molecule has 0 bridgehead atoms. The van der Waals surface area contributed by atoms with E-state index in [0.29, 0.717) is 16.7 Å². The third kappa shape index (κ3) is 2.16. The van der Waals surface area contributed by atoms with Crippen LogP contribution in [0.1, 0.15) is 10.6 Å². The molecule has 2 aromatic carbocycles. The summed E-state index contributed by atoms with van der Waals surface area (Å²) in [6.07, 6.45) is 0. The van der Waals surface area contributed by atoms with Crippen molar-refractivity contribution < 1.29 is 19.4 Å². The summed E-state index contributed by atoms with van der Waals surface area (Å²) in [6.45, 7) is 0. The molecule has 0 aliphatic carbocycles. The van der Waals surface area contributed by atoms with Crippen LogP contribution in [-0.2, 0) is 0 Å². The van der Waals surface area contributed by atoms with E-state index in [4.69, 9.17) is 4.42 Å². The fraction of sp³-hybridized carbons (Fsp3) is 0. The standard InChI is InChI=1S/C15H11NO4/c17-11-6-9-7-14(20-13(9)8-12(11)18)15(19)16-10-4-2-1-3-5-10/h1-8,17-18H,(H,16,19). The smallest absolute Gasteiger partial charge is 0.291 e. The molecule has 0 fully saturated rings. The Kier molecular flexibility index (Phi) is 2.80. The van der Waals surface area contributed by atoms with Gasteiger partial charge >= 0.3 is 0 Å². The summed E-state index contributed by atoms with van der Waals surface area (Å²) in [5.41, 5.74) is 0.988. The van der Waals surface area contributed by atoms with Crippen molar-refractivity contribution in [3.8, 4) is 11.5 Å². The zero-order valence-electron chi connectivity index (χ0n) is 10.3. The van der Waals surface area contributed by atoms with Crippen LogP contribution in [0.15, 0.2) is 52.9 Å². The zero-order valence-corrected chi connectivity index (χ0v) is 10.3. The van der Waals surface area contributed by atoms with Crippen molar-refractivity contribution in [1.29, 1.82) is 0 Å². The zero-order chi connectivity index (χ0) is 14.1. The molecule has 0 unspecified atom stereocenters. The lowest BCUT2D eigenvalue weighted by atomic mass is 10.2. The number of phenols is 2. The minimum Gasteiger partial charge on any atom is -0.504 e. The molecule has 0 radical (unpaired) electrons. The van der Waals surface area contributed by atoms with Crippen LogP contribution in [0.25, 0.3) is 11.0 Å². The maximum absolute atomic E-state index is 12.0. The molecule has 3 aromatic rings. The van der Waals surface area contributed by atoms with Gasteiger partial charge in [-0.2, -0.15) is 0 Å². The van der Waals surface area contributed by atoms with Gasteiger partial charge in [-0.25, -0.2) is 0 Å². The van der Waals surface area contributed by atoms with Gasteiger partial charge in [0.1, 0.15) is 5.58 Å². The van der Waals surface area contributed by atoms with Gasteiger partial charge in [-0.15, -0.1) is 0 Å². The number of rotatable bonds is 2. The van der Waals surface area contributed by atoms with Gasteiger partial charge in [0.2, 0.25) is 0 Å². The first-order chi connectivity index (χ1) is 9.63. The fourth-order valence-corrected chi connectivity index (χ4v) is 1.89. The van der Waals surface area contributed by atoms with Gasteiger partial charge in [-0.3, -0.25) is 4.79 Å². The summed E-state index contributed by atoms with van der Waals surface area (Å²) in [5.74, 6) is -0.838. The lowest BCUT2D eigenvalue weighted by Gasteiger charge is -2.01. The number of para-hydroxylation sites is 1. The quantitative estimate of drug-likeness (QED) is 0.624. The molecule has 0 saturated carbocycles. The SMILES string of the molecule is O=C(Nc1ccccc1)c1cc2cc(O)c(O)cc2o1. The lowest BCUT2D eigenvalue weighted by molar-refractivity contribution is 0.0998. The number of amides is 1. The minimum atomic E-state index is -0.397. The van der Waals surface area contributed by atoms with Gasteiger partial charge in [0.05, 0.1) is 0 Å². The van der Waals surface area contributed by atoms with E-state index in [1.54, 1.807) is 12.1 Å². The predicted molar refractivity (Wildman–Crippen MR) is 73.9 cm³/mol. The molecule has 1 heterocycles. The van der Waals surface area contributed by atoms with Crippen molar-refractivity contribution in [3.05, 3.63) is 54.3 Å². The summed E-state index contributed by atoms with van der Waals surface area (Å²) >= 11 is 0. The van der Waals surface area contributed by atoms with E-state index in [0.717, 1.165) is 0 Å². The summed E-state index contributed by atoms with van der Waals surface area (Å²) in [5, 5.41) is 22.0. The second-order valence-electron chi connectivity index (χ2n) is 4.31. The van der Waals surface area contributed by atoms with Crippen LogP contribution in [0.3, 0.4) is 0 Å². The largest absolute Gasteiger partial charge is 0.504 e. The number of phenolic OH excluding ortho intramolecular Hbond substituents is 2. The highest BCUT2D eigenvalue weighted by Crippen LogP contribution is 2.32. The molecule has 5 heteroatoms. The Bertz CT molecular complexity index is 738. The average molecular weight is 269 g/mol. The van der Waals surface area contributed by atoms with Crippen molar-refractivity contribution in [2.75, 3.05) is 5.32 Å². The van der Waals surface area contributed by atoms with E-state index in [9.17, 15) is 15.0 Å². The van der Waals surface area contributed by atoms with Gasteiger partial charge in [-0.05, 0) is 24.3 Å². The number of furan rings is 1. The molecule has 1 amide bonds. The molecule has 3 rings (SSSR count). The third-order valence-electron chi connectivity index (χ3n) is 2.87. The Morgan fingerprint density at radius 1 is 1.00 bits per heavy atom. The Morgan fingerprint density at radius 3 is 2.45 bits per heavy atom. The van der Waals surface area contributed by atoms with Crippen LogP contribution >= 0.6 is 0 Å². The van der Waals surface area contributed by atoms with Crippen molar-refractivity contribution >= 4 is 22.6 Å². The molecule has 0 aliphatic heterocycles. The van der Waals surface area contributed by atoms with E-state index in [1.165, 1.54) is 18.2 Å². The van der Waals surface area contributed by atoms with E-state index < -0.39 is 5.91 Å². The molecule has 5 nitrogen and oxygen atoms in total. The summed E-state index contributed by atoms with van der Waals surface area (Å²) in [4.78, 5) is 12.0. The molecular formula is C15H11NO4. The average Bonchev–Trinajstić information content (AvgIpc) is 2.83. The van der Waals surface area contributed by atoms with E-state index in [-0.39, 0.29) is 17.3 Å². The maximum atomic E-state index is 12.0. The topological polar surface area (TPSA) is 82.7 Å². The van der Waals surface area contributed by atoms with Crippen LogP contribution in [-0.4, -0.2) is 16.1 Å². The number of fused-ring (bicyclic) bond motifs is 1. The molecule has 0 aliphatic rings. The van der Waals surface area contributed by atoms with Gasteiger partial charge < -0.3 is 19.9 Å². The highest BCUT2D eigenvalue weighted by atomic mass is 16.3. The second kappa shape index (κ2) is 4.62. The van der Waals surface area contributed by atoms with E-state index in [1.807, 2.05) is 18.2 Å². The summed E-state index contributed by atoms with van der Waals surface area (Å²) in [7, 11) is 0. The number of carbonyl (C=O) groups excluding carboxylic acids is 1. The van der Waals surface area contributed by atoms with Crippen LogP contribution < -0.4 is 5.32 Å². The van der Waals surface area contributed by atoms with Gasteiger partial charge in [0, 0.05) is 17.1 Å². The fourth-order valence-electron chi connectivity index (χ4n) is 1.89. The number of anilines is 1. The first-order valence-corrected chi connectivity index (χ1v) is 5.95. The normalized spacial score (nSPS) is 10.6. The number of benzene rings is 2. The van der Waals surface area contributed by atoms with Crippen LogP contribution in [0.2, 0.25) is 0 Å². The van der Waals surface area contributed by atoms with Crippen molar-refractivity contribution in [2.45, 2.75) is 0 Å². The van der Waals surface area contributed by atoms with Crippen molar-refractivity contribution in [1.82, 2.24) is 0 Å². The summed E-state index contributed by atoms with van der Waals surface area (Å²) < 4.78 is 5.35. The number of nitrogens with one attached hydrogen (secondary N) is 1. The molecule has 0 spiro atoms. The molecule has 0 atom stereocenters. The molecule has 3 N–H and O–H groups in total. The Morgan fingerprint density at radius 2 is 1.70 bits per heavy atom. The van der Waals surface area contributed by atoms with Crippen LogP contribution in [0, 0.1) is 0 Å². The van der Waals surface area contributed by atoms with Gasteiger partial charge in [0.25, 0.3) is 5.91 Å². The Balaban J connectivity index is 1.92. The Hall–Kier alpha value is -2.95. The number of aromatic hydroxyl groups is 2. The lowest BCUT2D eigenvalue weighted by Crippen LogP contribution is -2.10. The van der Waals surface area contributed by atoms with Crippen LogP contribution in [0.5, 0.6) is 11.5 Å². The maximum Gasteiger partial charge on any atom is 0.291 e. The minimum absolute atomic E-state index is 0.105. The molecule has 100 valence electrons. The Labute approximate surface area is 114 Å². The highest BCUT2D eigenvalue weighted by Gasteiger charge is 2.14. The number of hydrogen-bond donors (Lipinski definition) is 3. The predicted octanol–water partition coefficient (Wildman–Crippen LogP) is 3.10. The third-order valence-corrected chi connectivity index (χ3v) is 2.87. The molecule has 0 saturated heterocycles. The first-order valence-electron chi connectivity index (χ1n) is 5.95. The molecule has 20 heavy (non-hydrogen) atoms. The van der Waals surface area contributed by atoms with E-state index in [2.05, 4.69) is 5.32 Å². The van der Waals surface area contributed by atoms with Gasteiger partial charge in [0.15, 0.2) is 17.3 Å². The summed E-state index contributed by atoms with van der Waals surface area (Å²) in [6, 6.07) is 13.1. The molecular weight excluding hydrogens is 258 g/mol. The van der Waals surface area contributed by atoms with Crippen LogP contribution in [0.4, 0.5) is 5.69 Å². The van der Waals surface area contributed by atoms with Gasteiger partial charge in [-0.1, -0.05) is 18.2 Å². The molecule has 1 aromatic heterocycles.